The first-order chi connectivity index (χ1) is 5.36. The van der Waals surface area contributed by atoms with Crippen molar-refractivity contribution in [2.75, 3.05) is 6.61 Å². The van der Waals surface area contributed by atoms with Crippen LogP contribution in [0.4, 0.5) is 0 Å². The fraction of sp³-hybridized carbons (Fsp3) is 0.250. The molecule has 1 atom stereocenters. The monoisotopic (exact) mass is 150 g/mol. The summed E-state index contributed by atoms with van der Waals surface area (Å²) in [5.74, 6) is 1.24. The zero-order valence-corrected chi connectivity index (χ0v) is 5.99. The van der Waals surface area contributed by atoms with Gasteiger partial charge >= 0.3 is 0 Å². The normalized spacial score (nSPS) is 21.4. The first-order valence-electron chi connectivity index (χ1n) is 3.44. The molecule has 1 aromatic rings. The van der Waals surface area contributed by atoms with E-state index in [1.807, 2.05) is 6.07 Å². The van der Waals surface area contributed by atoms with Crippen LogP contribution in [0, 0.1) is 6.92 Å². The third-order valence-corrected chi connectivity index (χ3v) is 1.44. The highest BCUT2D eigenvalue weighted by Gasteiger charge is 2.16. The van der Waals surface area contributed by atoms with Gasteiger partial charge in [-0.15, -0.1) is 0 Å². The van der Waals surface area contributed by atoms with Crippen molar-refractivity contribution in [1.29, 1.82) is 0 Å². The molecule has 57 valence electrons. The number of pyridine rings is 1. The fourth-order valence-electron chi connectivity index (χ4n) is 0.960. The zero-order chi connectivity index (χ0) is 7.68. The lowest BCUT2D eigenvalue weighted by Crippen LogP contribution is -2.26. The zero-order valence-electron chi connectivity index (χ0n) is 5.99. The van der Waals surface area contributed by atoms with Gasteiger partial charge in [0.2, 0.25) is 0 Å². The van der Waals surface area contributed by atoms with E-state index in [1.165, 1.54) is 0 Å². The fourth-order valence-corrected chi connectivity index (χ4v) is 0.960. The summed E-state index contributed by atoms with van der Waals surface area (Å²) >= 11 is 0. The van der Waals surface area contributed by atoms with E-state index in [9.17, 15) is 0 Å². The van der Waals surface area contributed by atoms with Crippen LogP contribution in [-0.4, -0.2) is 17.7 Å². The maximum absolute atomic E-state index is 5.33. The Morgan fingerprint density at radius 2 is 2.55 bits per heavy atom. The van der Waals surface area contributed by atoms with Gasteiger partial charge in [0.15, 0.2) is 5.75 Å². The minimum Gasteiger partial charge on any atom is -0.481 e. The molecule has 0 bridgehead atoms. The van der Waals surface area contributed by atoms with Crippen molar-refractivity contribution in [1.82, 2.24) is 4.98 Å². The molecule has 1 aromatic heterocycles. The van der Waals surface area contributed by atoms with Gasteiger partial charge in [0.1, 0.15) is 12.7 Å². The van der Waals surface area contributed by atoms with Crippen molar-refractivity contribution in [3.05, 3.63) is 25.3 Å². The van der Waals surface area contributed by atoms with Crippen molar-refractivity contribution in [3.63, 3.8) is 0 Å². The smallest absolute Gasteiger partial charge is 0.257 e. The average molecular weight is 150 g/mol. The molecule has 0 fully saturated rings. The number of ether oxygens (including phenoxy) is 2. The molecule has 2 rings (SSSR count). The molecule has 0 amide bonds. The topological polar surface area (TPSA) is 31.4 Å². The molecule has 1 aliphatic rings. The first-order valence-corrected chi connectivity index (χ1v) is 3.44. The second-order valence-electron chi connectivity index (χ2n) is 2.36. The molecule has 11 heavy (non-hydrogen) atoms. The van der Waals surface area contributed by atoms with E-state index < -0.39 is 0 Å². The minimum absolute atomic E-state index is 0.119. The second kappa shape index (κ2) is 2.42. The second-order valence-corrected chi connectivity index (χ2v) is 2.36. The van der Waals surface area contributed by atoms with Crippen molar-refractivity contribution in [3.8, 4) is 11.6 Å². The van der Waals surface area contributed by atoms with Crippen LogP contribution in [0.15, 0.2) is 18.3 Å². The van der Waals surface area contributed by atoms with Crippen molar-refractivity contribution in [2.24, 2.45) is 0 Å². The SMILES string of the molecule is [CH2]C1COc2ncccc2O1. The van der Waals surface area contributed by atoms with Gasteiger partial charge in [-0.1, -0.05) is 0 Å². The minimum atomic E-state index is -0.119. The Labute approximate surface area is 65.0 Å². The van der Waals surface area contributed by atoms with Crippen LogP contribution in [0.5, 0.6) is 11.6 Å². The highest BCUT2D eigenvalue weighted by Crippen LogP contribution is 2.27. The van der Waals surface area contributed by atoms with Crippen LogP contribution in [0.1, 0.15) is 0 Å². The molecular formula is C8H8NO2. The number of hydrogen-bond acceptors (Lipinski definition) is 3. The summed E-state index contributed by atoms with van der Waals surface area (Å²) in [7, 11) is 0. The summed E-state index contributed by atoms with van der Waals surface area (Å²) in [5, 5.41) is 0. The highest BCUT2D eigenvalue weighted by atomic mass is 16.6. The molecule has 0 N–H and O–H groups in total. The molecule has 3 nitrogen and oxygen atoms in total. The van der Waals surface area contributed by atoms with E-state index in [4.69, 9.17) is 9.47 Å². The van der Waals surface area contributed by atoms with E-state index in [-0.39, 0.29) is 6.10 Å². The Balaban J connectivity index is 2.34. The van der Waals surface area contributed by atoms with E-state index in [0.717, 1.165) is 0 Å². The molecule has 0 saturated heterocycles. The van der Waals surface area contributed by atoms with Crippen LogP contribution in [0.3, 0.4) is 0 Å². The quantitative estimate of drug-likeness (QED) is 0.554. The van der Waals surface area contributed by atoms with Crippen LogP contribution in [0.2, 0.25) is 0 Å². The van der Waals surface area contributed by atoms with Crippen LogP contribution in [0.25, 0.3) is 0 Å². The molecule has 0 aromatic carbocycles. The molecule has 2 heterocycles. The average Bonchev–Trinajstić information content (AvgIpc) is 2.04. The number of hydrogen-bond donors (Lipinski definition) is 0. The lowest BCUT2D eigenvalue weighted by Gasteiger charge is -2.21. The number of rotatable bonds is 0. The van der Waals surface area contributed by atoms with E-state index in [2.05, 4.69) is 11.9 Å². The summed E-state index contributed by atoms with van der Waals surface area (Å²) in [4.78, 5) is 3.98. The van der Waals surface area contributed by atoms with Gasteiger partial charge in [0.25, 0.3) is 5.88 Å². The summed E-state index contributed by atoms with van der Waals surface area (Å²) < 4.78 is 10.6. The molecule has 0 spiro atoms. The maximum atomic E-state index is 5.33. The third kappa shape index (κ3) is 1.13. The van der Waals surface area contributed by atoms with Gasteiger partial charge in [0.05, 0.1) is 0 Å². The molecule has 0 saturated carbocycles. The standard InChI is InChI=1S/C8H8NO2/c1-6-5-10-8-7(11-6)3-2-4-9-8/h2-4,6H,1,5H2. The molecule has 1 radical (unpaired) electrons. The van der Waals surface area contributed by atoms with Crippen LogP contribution < -0.4 is 9.47 Å². The molecule has 0 aliphatic carbocycles. The van der Waals surface area contributed by atoms with Crippen molar-refractivity contribution < 1.29 is 9.47 Å². The van der Waals surface area contributed by atoms with Gasteiger partial charge < -0.3 is 9.47 Å². The summed E-state index contributed by atoms with van der Waals surface area (Å²) in [6.45, 7) is 4.20. The summed E-state index contributed by atoms with van der Waals surface area (Å²) in [5.41, 5.74) is 0. The van der Waals surface area contributed by atoms with E-state index in [1.54, 1.807) is 12.3 Å². The Hall–Kier alpha value is -1.25. The maximum Gasteiger partial charge on any atom is 0.257 e. The van der Waals surface area contributed by atoms with Gasteiger partial charge in [-0.05, 0) is 19.1 Å². The number of nitrogens with zero attached hydrogens (tertiary/aromatic N) is 1. The van der Waals surface area contributed by atoms with E-state index >= 15 is 0 Å². The molecule has 1 aliphatic heterocycles. The van der Waals surface area contributed by atoms with Gasteiger partial charge in [-0.3, -0.25) is 0 Å². The summed E-state index contributed by atoms with van der Waals surface area (Å²) in [6.07, 6.45) is 1.55. The molecule has 3 heteroatoms. The van der Waals surface area contributed by atoms with Gasteiger partial charge in [-0.2, -0.15) is 0 Å². The van der Waals surface area contributed by atoms with E-state index in [0.29, 0.717) is 18.2 Å². The van der Waals surface area contributed by atoms with Gasteiger partial charge in [-0.25, -0.2) is 4.98 Å². The third-order valence-electron chi connectivity index (χ3n) is 1.44. The Bertz CT molecular complexity index is 262. The predicted molar refractivity (Wildman–Crippen MR) is 39.5 cm³/mol. The van der Waals surface area contributed by atoms with Gasteiger partial charge in [0, 0.05) is 6.20 Å². The Morgan fingerprint density at radius 3 is 3.45 bits per heavy atom. The Morgan fingerprint density at radius 1 is 1.64 bits per heavy atom. The lowest BCUT2D eigenvalue weighted by molar-refractivity contribution is 0.115. The predicted octanol–water partition coefficient (Wildman–Crippen LogP) is 1.06. The number of fused-ring (bicyclic) bond motifs is 1. The Kier molecular flexibility index (Phi) is 1.42. The van der Waals surface area contributed by atoms with Crippen LogP contribution in [-0.2, 0) is 0 Å². The summed E-state index contributed by atoms with van der Waals surface area (Å²) in [6, 6.07) is 3.62. The largest absolute Gasteiger partial charge is 0.481 e. The molecular weight excluding hydrogens is 142 g/mol. The number of aromatic nitrogens is 1. The first kappa shape index (κ1) is 6.46. The lowest BCUT2D eigenvalue weighted by atomic mass is 10.3. The highest BCUT2D eigenvalue weighted by molar-refractivity contribution is 5.34. The van der Waals surface area contributed by atoms with Crippen LogP contribution >= 0.6 is 0 Å². The van der Waals surface area contributed by atoms with Crippen molar-refractivity contribution in [2.45, 2.75) is 6.10 Å². The molecule has 1 unspecified atom stereocenters. The van der Waals surface area contributed by atoms with Crippen molar-refractivity contribution >= 4 is 0 Å².